The van der Waals surface area contributed by atoms with Gasteiger partial charge >= 0.3 is 0 Å². The van der Waals surface area contributed by atoms with E-state index in [9.17, 15) is 0 Å². The Bertz CT molecular complexity index is 870. The first-order valence-electron chi connectivity index (χ1n) is 12.9. The van der Waals surface area contributed by atoms with Crippen LogP contribution in [0.15, 0.2) is 18.5 Å². The van der Waals surface area contributed by atoms with Gasteiger partial charge in [0.25, 0.3) is 0 Å². The van der Waals surface area contributed by atoms with Gasteiger partial charge in [0, 0.05) is 24.6 Å². The molecule has 1 heterocycles. The Morgan fingerprint density at radius 1 is 1.06 bits per heavy atom. The van der Waals surface area contributed by atoms with Gasteiger partial charge in [0.05, 0.1) is 18.4 Å². The van der Waals surface area contributed by atoms with E-state index in [4.69, 9.17) is 9.47 Å². The van der Waals surface area contributed by atoms with Crippen LogP contribution in [-0.2, 0) is 4.74 Å². The van der Waals surface area contributed by atoms with Crippen LogP contribution in [0, 0.1) is 52.8 Å². The van der Waals surface area contributed by atoms with Crippen molar-refractivity contribution in [3.05, 3.63) is 24.0 Å². The summed E-state index contributed by atoms with van der Waals surface area (Å²) in [4.78, 5) is 4.34. The number of hydrogen-bond acceptors (Lipinski definition) is 3. The molecule has 0 aromatic carbocycles. The van der Waals surface area contributed by atoms with E-state index in [1.165, 1.54) is 56.9 Å². The summed E-state index contributed by atoms with van der Waals surface area (Å²) in [6, 6.07) is 2.13. The normalized spacial score (nSPS) is 50.7. The van der Waals surface area contributed by atoms with Crippen molar-refractivity contribution in [3.8, 4) is 5.75 Å². The lowest BCUT2D eigenvalue weighted by atomic mass is 9.45. The van der Waals surface area contributed by atoms with E-state index in [1.54, 1.807) is 0 Å². The molecule has 5 aliphatic carbocycles. The number of aryl methyl sites for hydroxylation is 1. The van der Waals surface area contributed by atoms with Crippen molar-refractivity contribution < 1.29 is 9.47 Å². The molecule has 5 fully saturated rings. The molecule has 1 aromatic heterocycles. The summed E-state index contributed by atoms with van der Waals surface area (Å²) in [6.07, 6.45) is 15.7. The van der Waals surface area contributed by atoms with Crippen molar-refractivity contribution >= 4 is 0 Å². The number of pyridine rings is 1. The first-order chi connectivity index (χ1) is 14.8. The van der Waals surface area contributed by atoms with Crippen LogP contribution in [0.3, 0.4) is 0 Å². The lowest BCUT2D eigenvalue weighted by Crippen LogP contribution is -2.57. The molecule has 3 nitrogen and oxygen atoms in total. The fraction of sp³-hybridized carbons (Fsp3) is 0.821. The maximum absolute atomic E-state index is 6.50. The summed E-state index contributed by atoms with van der Waals surface area (Å²) in [5.41, 5.74) is 2.63. The molecule has 10 atom stereocenters. The predicted molar refractivity (Wildman–Crippen MR) is 123 cm³/mol. The fourth-order valence-electron chi connectivity index (χ4n) is 10.3. The monoisotopic (exact) mass is 423 g/mol. The van der Waals surface area contributed by atoms with Crippen molar-refractivity contribution in [2.45, 2.75) is 91.3 Å². The molecular formula is C28H41NO2. The zero-order chi connectivity index (χ0) is 21.6. The summed E-state index contributed by atoms with van der Waals surface area (Å²) in [7, 11) is 2.00. The molecule has 0 bridgehead atoms. The predicted octanol–water partition coefficient (Wildman–Crippen LogP) is 6.44. The van der Waals surface area contributed by atoms with Gasteiger partial charge in [-0.3, -0.25) is 4.98 Å². The van der Waals surface area contributed by atoms with Crippen LogP contribution in [0.2, 0.25) is 0 Å². The van der Waals surface area contributed by atoms with Crippen LogP contribution in [-0.4, -0.2) is 24.3 Å². The van der Waals surface area contributed by atoms with Crippen molar-refractivity contribution in [1.29, 1.82) is 0 Å². The number of hydrogen-bond donors (Lipinski definition) is 0. The van der Waals surface area contributed by atoms with Gasteiger partial charge in [-0.1, -0.05) is 13.8 Å². The van der Waals surface area contributed by atoms with Crippen molar-refractivity contribution in [2.24, 2.45) is 45.8 Å². The van der Waals surface area contributed by atoms with Crippen LogP contribution < -0.4 is 4.74 Å². The summed E-state index contributed by atoms with van der Waals surface area (Å²) in [5.74, 6) is 5.13. The Labute approximate surface area is 188 Å². The number of methoxy groups -OCH3 is 1. The third kappa shape index (κ3) is 2.59. The molecule has 1 aromatic rings. The first kappa shape index (κ1) is 20.5. The molecule has 2 unspecified atom stereocenters. The number of ether oxygens (including phenoxy) is 2. The maximum Gasteiger partial charge on any atom is 0.138 e. The molecule has 5 aliphatic rings. The van der Waals surface area contributed by atoms with E-state index in [1.807, 2.05) is 19.5 Å². The number of rotatable bonds is 4. The number of aromatic nitrogens is 1. The summed E-state index contributed by atoms with van der Waals surface area (Å²) >= 11 is 0. The van der Waals surface area contributed by atoms with Gasteiger partial charge in [-0.05, 0) is 111 Å². The highest BCUT2D eigenvalue weighted by Crippen LogP contribution is 2.82. The molecular weight excluding hydrogens is 382 g/mol. The molecule has 0 aliphatic heterocycles. The highest BCUT2D eigenvalue weighted by Gasteiger charge is 2.77. The lowest BCUT2D eigenvalue weighted by molar-refractivity contribution is -0.162. The Morgan fingerprint density at radius 3 is 2.65 bits per heavy atom. The minimum absolute atomic E-state index is 0.248. The maximum atomic E-state index is 6.50. The van der Waals surface area contributed by atoms with Gasteiger partial charge < -0.3 is 9.47 Å². The van der Waals surface area contributed by atoms with E-state index < -0.39 is 0 Å². The Hall–Kier alpha value is -1.09. The fourth-order valence-corrected chi connectivity index (χ4v) is 10.3. The molecule has 170 valence electrons. The summed E-state index contributed by atoms with van der Waals surface area (Å²) in [6.45, 7) is 9.69. The Balaban J connectivity index is 1.26. The number of fused-ring (bicyclic) bond motifs is 4. The molecule has 3 heteroatoms. The van der Waals surface area contributed by atoms with E-state index >= 15 is 0 Å². The van der Waals surface area contributed by atoms with Gasteiger partial charge in [-0.2, -0.15) is 0 Å². The van der Waals surface area contributed by atoms with Crippen LogP contribution in [0.4, 0.5) is 0 Å². The highest BCUT2D eigenvalue weighted by atomic mass is 16.5. The molecule has 1 spiro atoms. The van der Waals surface area contributed by atoms with Crippen molar-refractivity contribution in [2.75, 3.05) is 7.11 Å². The standard InChI is InChI=1S/C28H41NO2/c1-17-12-20(16-29-15-17)31-18(2)22-6-7-23-21-13-25(30-5)28-14-19(28)8-11-27(28,4)24(21)9-10-26(22,23)3/h12,15-16,18-19,21-25H,6-11,13-14H2,1-5H3/t18?,19-,21+,22-,23+,24+,25?,26-,27-,28+/m1/s1. The molecule has 6 rings (SSSR count). The third-order valence-electron chi connectivity index (χ3n) is 11.6. The second kappa shape index (κ2) is 6.72. The summed E-state index contributed by atoms with van der Waals surface area (Å²) < 4.78 is 12.8. The SMILES string of the molecule is COC1C[C@H]2[C@@H]3CC[C@H](C(C)Oc4cncc(C)c4)[C@@]3(C)CC[C@@H]2[C@@]2(C)CC[C@@H]3C[C@@]132. The zero-order valence-electron chi connectivity index (χ0n) is 20.2. The largest absolute Gasteiger partial charge is 0.489 e. The Morgan fingerprint density at radius 2 is 1.90 bits per heavy atom. The lowest BCUT2D eigenvalue weighted by Gasteiger charge is -2.61. The van der Waals surface area contributed by atoms with E-state index in [-0.39, 0.29) is 6.10 Å². The first-order valence-corrected chi connectivity index (χ1v) is 12.9. The third-order valence-corrected chi connectivity index (χ3v) is 11.6. The van der Waals surface area contributed by atoms with Gasteiger partial charge in [0.2, 0.25) is 0 Å². The van der Waals surface area contributed by atoms with Gasteiger partial charge in [-0.25, -0.2) is 0 Å². The van der Waals surface area contributed by atoms with Crippen LogP contribution in [0.5, 0.6) is 5.75 Å². The van der Waals surface area contributed by atoms with Crippen LogP contribution in [0.1, 0.15) is 77.7 Å². The van der Waals surface area contributed by atoms with Crippen LogP contribution in [0.25, 0.3) is 0 Å². The van der Waals surface area contributed by atoms with E-state index in [0.29, 0.717) is 28.3 Å². The average Bonchev–Trinajstić information content (AvgIpc) is 3.24. The Kier molecular flexibility index (Phi) is 4.44. The topological polar surface area (TPSA) is 31.4 Å². The molecule has 0 saturated heterocycles. The second-order valence-corrected chi connectivity index (χ2v) is 12.5. The van der Waals surface area contributed by atoms with Gasteiger partial charge in [0.1, 0.15) is 5.75 Å². The zero-order valence-corrected chi connectivity index (χ0v) is 20.2. The second-order valence-electron chi connectivity index (χ2n) is 12.5. The smallest absolute Gasteiger partial charge is 0.138 e. The molecule has 0 radical (unpaired) electrons. The van der Waals surface area contributed by atoms with Gasteiger partial charge in [0.15, 0.2) is 0 Å². The van der Waals surface area contributed by atoms with Crippen molar-refractivity contribution in [3.63, 3.8) is 0 Å². The minimum atomic E-state index is 0.248. The quantitative estimate of drug-likeness (QED) is 0.558. The van der Waals surface area contributed by atoms with Crippen molar-refractivity contribution in [1.82, 2.24) is 4.98 Å². The van der Waals surface area contributed by atoms with E-state index in [0.717, 1.165) is 29.4 Å². The molecule has 0 amide bonds. The number of nitrogens with zero attached hydrogens (tertiary/aromatic N) is 1. The summed E-state index contributed by atoms with van der Waals surface area (Å²) in [5, 5.41) is 0. The highest BCUT2D eigenvalue weighted by molar-refractivity contribution is 5.26. The van der Waals surface area contributed by atoms with Crippen LogP contribution >= 0.6 is 0 Å². The average molecular weight is 424 g/mol. The molecule has 31 heavy (non-hydrogen) atoms. The minimum Gasteiger partial charge on any atom is -0.489 e. The molecule has 0 N–H and O–H groups in total. The van der Waals surface area contributed by atoms with E-state index in [2.05, 4.69) is 38.7 Å². The molecule has 5 saturated carbocycles. The van der Waals surface area contributed by atoms with Gasteiger partial charge in [-0.15, -0.1) is 0 Å².